The predicted molar refractivity (Wildman–Crippen MR) is 55.2 cm³/mol. The molecule has 1 unspecified atom stereocenters. The van der Waals surface area contributed by atoms with E-state index in [9.17, 15) is 5.11 Å². The average molecular weight is 206 g/mol. The number of nitrogens with one attached hydrogen (secondary N) is 1. The van der Waals surface area contributed by atoms with Gasteiger partial charge in [-0.1, -0.05) is 0 Å². The minimum Gasteiger partial charge on any atom is -0.389 e. The van der Waals surface area contributed by atoms with Crippen LogP contribution in [0.3, 0.4) is 0 Å². The zero-order valence-electron chi connectivity index (χ0n) is 8.87. The zero-order chi connectivity index (χ0) is 10.6. The third kappa shape index (κ3) is 9.88. The summed E-state index contributed by atoms with van der Waals surface area (Å²) in [5.41, 5.74) is 5.28. The summed E-state index contributed by atoms with van der Waals surface area (Å²) in [6.07, 6.45) is -0.469. The van der Waals surface area contributed by atoms with Gasteiger partial charge in [-0.3, -0.25) is 0 Å². The Hall–Kier alpha value is -0.200. The maximum absolute atomic E-state index is 9.36. The van der Waals surface area contributed by atoms with E-state index in [-0.39, 0.29) is 0 Å². The summed E-state index contributed by atoms with van der Waals surface area (Å²) in [6, 6.07) is 0. The molecule has 0 aliphatic carbocycles. The Balaban J connectivity index is 3.06. The van der Waals surface area contributed by atoms with Crippen LogP contribution in [0.15, 0.2) is 0 Å². The highest BCUT2D eigenvalue weighted by atomic mass is 16.5. The van der Waals surface area contributed by atoms with Crippen molar-refractivity contribution in [3.05, 3.63) is 0 Å². The fourth-order valence-corrected chi connectivity index (χ4v) is 0.911. The van der Waals surface area contributed by atoms with Gasteiger partial charge >= 0.3 is 0 Å². The molecule has 0 saturated heterocycles. The fourth-order valence-electron chi connectivity index (χ4n) is 0.911. The summed E-state index contributed by atoms with van der Waals surface area (Å²) in [6.45, 7) is 5.90. The number of rotatable bonds is 10. The molecule has 5 heteroatoms. The molecule has 0 aliphatic rings. The first-order valence-corrected chi connectivity index (χ1v) is 5.05. The topological polar surface area (TPSA) is 76.7 Å². The van der Waals surface area contributed by atoms with E-state index in [0.29, 0.717) is 39.5 Å². The lowest BCUT2D eigenvalue weighted by molar-refractivity contribution is 0.00663. The van der Waals surface area contributed by atoms with Crippen molar-refractivity contribution < 1.29 is 14.6 Å². The lowest BCUT2D eigenvalue weighted by atomic mass is 10.4. The largest absolute Gasteiger partial charge is 0.389 e. The third-order valence-electron chi connectivity index (χ3n) is 1.59. The van der Waals surface area contributed by atoms with E-state index in [2.05, 4.69) is 5.32 Å². The summed E-state index contributed by atoms with van der Waals surface area (Å²) in [5, 5.41) is 12.4. The smallest absolute Gasteiger partial charge is 0.0897 e. The number of aliphatic hydroxyl groups is 1. The SMILES string of the molecule is CCOCCOCC(O)CNCCN. The van der Waals surface area contributed by atoms with Crippen LogP contribution < -0.4 is 11.1 Å². The van der Waals surface area contributed by atoms with Crippen LogP contribution in [-0.4, -0.2) is 57.3 Å². The lowest BCUT2D eigenvalue weighted by Crippen LogP contribution is -2.33. The molecule has 0 bridgehead atoms. The fraction of sp³-hybridized carbons (Fsp3) is 1.00. The van der Waals surface area contributed by atoms with E-state index in [1.54, 1.807) is 0 Å². The van der Waals surface area contributed by atoms with Crippen LogP contribution in [0.2, 0.25) is 0 Å². The second-order valence-electron chi connectivity index (χ2n) is 2.92. The van der Waals surface area contributed by atoms with Crippen LogP contribution in [0, 0.1) is 0 Å². The van der Waals surface area contributed by atoms with E-state index in [1.807, 2.05) is 6.92 Å². The molecule has 0 amide bonds. The van der Waals surface area contributed by atoms with Gasteiger partial charge in [-0.05, 0) is 6.92 Å². The van der Waals surface area contributed by atoms with Crippen LogP contribution >= 0.6 is 0 Å². The number of aliphatic hydroxyl groups excluding tert-OH is 1. The van der Waals surface area contributed by atoms with Gasteiger partial charge in [-0.25, -0.2) is 0 Å². The van der Waals surface area contributed by atoms with Crippen LogP contribution in [0.5, 0.6) is 0 Å². The molecule has 0 saturated carbocycles. The highest BCUT2D eigenvalue weighted by molar-refractivity contribution is 4.58. The zero-order valence-corrected chi connectivity index (χ0v) is 8.87. The monoisotopic (exact) mass is 206 g/mol. The minimum atomic E-state index is -0.469. The molecule has 14 heavy (non-hydrogen) atoms. The highest BCUT2D eigenvalue weighted by Gasteiger charge is 2.02. The molecule has 5 nitrogen and oxygen atoms in total. The molecule has 0 aliphatic heterocycles. The summed E-state index contributed by atoms with van der Waals surface area (Å²) >= 11 is 0. The molecular weight excluding hydrogens is 184 g/mol. The van der Waals surface area contributed by atoms with Crippen molar-refractivity contribution in [1.29, 1.82) is 0 Å². The van der Waals surface area contributed by atoms with Gasteiger partial charge in [0.2, 0.25) is 0 Å². The van der Waals surface area contributed by atoms with Crippen molar-refractivity contribution in [3.63, 3.8) is 0 Å². The molecule has 0 aromatic rings. The minimum absolute atomic E-state index is 0.338. The molecule has 0 aromatic heterocycles. The molecule has 0 rings (SSSR count). The molecule has 0 radical (unpaired) electrons. The van der Waals surface area contributed by atoms with Crippen molar-refractivity contribution in [3.8, 4) is 0 Å². The summed E-state index contributed by atoms with van der Waals surface area (Å²) in [7, 11) is 0. The first-order valence-electron chi connectivity index (χ1n) is 5.05. The van der Waals surface area contributed by atoms with Gasteiger partial charge < -0.3 is 25.6 Å². The van der Waals surface area contributed by atoms with E-state index < -0.39 is 6.10 Å². The Morgan fingerprint density at radius 2 is 2.07 bits per heavy atom. The summed E-state index contributed by atoms with van der Waals surface area (Å²) < 4.78 is 10.3. The van der Waals surface area contributed by atoms with E-state index in [0.717, 1.165) is 6.54 Å². The maximum atomic E-state index is 9.36. The molecule has 86 valence electrons. The van der Waals surface area contributed by atoms with Crippen molar-refractivity contribution in [2.45, 2.75) is 13.0 Å². The van der Waals surface area contributed by atoms with E-state index >= 15 is 0 Å². The normalized spacial score (nSPS) is 13.1. The standard InChI is InChI=1S/C9H22N2O3/c1-2-13-5-6-14-8-9(12)7-11-4-3-10/h9,11-12H,2-8,10H2,1H3. The Morgan fingerprint density at radius 1 is 1.36 bits per heavy atom. The first kappa shape index (κ1) is 13.8. The van der Waals surface area contributed by atoms with Gasteiger partial charge in [-0.15, -0.1) is 0 Å². The first-order chi connectivity index (χ1) is 6.81. The number of hydrogen-bond acceptors (Lipinski definition) is 5. The Morgan fingerprint density at radius 3 is 2.71 bits per heavy atom. The molecule has 0 fully saturated rings. The molecule has 0 aromatic carbocycles. The van der Waals surface area contributed by atoms with Crippen LogP contribution in [0.1, 0.15) is 6.92 Å². The van der Waals surface area contributed by atoms with Gasteiger partial charge in [0, 0.05) is 26.2 Å². The number of ether oxygens (including phenoxy) is 2. The molecule has 0 spiro atoms. The van der Waals surface area contributed by atoms with Gasteiger partial charge in [0.15, 0.2) is 0 Å². The van der Waals surface area contributed by atoms with Crippen molar-refractivity contribution in [2.75, 3.05) is 46.1 Å². The number of nitrogens with two attached hydrogens (primary N) is 1. The van der Waals surface area contributed by atoms with Gasteiger partial charge in [0.1, 0.15) is 0 Å². The second kappa shape index (κ2) is 10.9. The van der Waals surface area contributed by atoms with Crippen LogP contribution in [0.25, 0.3) is 0 Å². The van der Waals surface area contributed by atoms with Crippen LogP contribution in [-0.2, 0) is 9.47 Å². The summed E-state index contributed by atoms with van der Waals surface area (Å²) in [5.74, 6) is 0. The predicted octanol–water partition coefficient (Wildman–Crippen LogP) is -1.05. The number of hydrogen-bond donors (Lipinski definition) is 3. The van der Waals surface area contributed by atoms with Crippen molar-refractivity contribution in [2.24, 2.45) is 5.73 Å². The van der Waals surface area contributed by atoms with Gasteiger partial charge in [0.25, 0.3) is 0 Å². The van der Waals surface area contributed by atoms with E-state index in [4.69, 9.17) is 15.2 Å². The third-order valence-corrected chi connectivity index (χ3v) is 1.59. The highest BCUT2D eigenvalue weighted by Crippen LogP contribution is 1.84. The van der Waals surface area contributed by atoms with Crippen molar-refractivity contribution >= 4 is 0 Å². The van der Waals surface area contributed by atoms with E-state index in [1.165, 1.54) is 0 Å². The molecular formula is C9H22N2O3. The summed E-state index contributed by atoms with van der Waals surface area (Å²) in [4.78, 5) is 0. The Bertz CT molecular complexity index is 114. The lowest BCUT2D eigenvalue weighted by Gasteiger charge is -2.11. The van der Waals surface area contributed by atoms with Gasteiger partial charge in [0.05, 0.1) is 25.9 Å². The molecule has 0 heterocycles. The van der Waals surface area contributed by atoms with Gasteiger partial charge in [-0.2, -0.15) is 0 Å². The molecule has 4 N–H and O–H groups in total. The average Bonchev–Trinajstić information content (AvgIpc) is 2.18. The quantitative estimate of drug-likeness (QED) is 0.398. The Kier molecular flexibility index (Phi) is 10.7. The van der Waals surface area contributed by atoms with Crippen LogP contribution in [0.4, 0.5) is 0 Å². The maximum Gasteiger partial charge on any atom is 0.0897 e. The molecule has 1 atom stereocenters. The van der Waals surface area contributed by atoms with Crippen molar-refractivity contribution in [1.82, 2.24) is 5.32 Å². The second-order valence-corrected chi connectivity index (χ2v) is 2.92. The Labute approximate surface area is 85.6 Å².